The van der Waals surface area contributed by atoms with Crippen LogP contribution in [0.25, 0.3) is 0 Å². The van der Waals surface area contributed by atoms with Crippen LogP contribution < -0.4 is 16.4 Å². The summed E-state index contributed by atoms with van der Waals surface area (Å²) in [5.41, 5.74) is 6.54. The van der Waals surface area contributed by atoms with Crippen LogP contribution >= 0.6 is 0 Å². The van der Waals surface area contributed by atoms with Crippen molar-refractivity contribution in [3.05, 3.63) is 42.5 Å². The van der Waals surface area contributed by atoms with E-state index >= 15 is 0 Å². The Bertz CT molecular complexity index is 531. The van der Waals surface area contributed by atoms with E-state index in [9.17, 15) is 9.59 Å². The number of anilines is 1. The Morgan fingerprint density at radius 1 is 1.24 bits per heavy atom. The summed E-state index contributed by atoms with van der Waals surface area (Å²) in [4.78, 5) is 23.9. The van der Waals surface area contributed by atoms with Crippen LogP contribution in [0, 0.1) is 0 Å². The minimum Gasteiger partial charge on any atom is -0.349 e. The molecule has 1 fully saturated rings. The first-order chi connectivity index (χ1) is 10.0. The van der Waals surface area contributed by atoms with Crippen molar-refractivity contribution in [2.45, 2.75) is 31.2 Å². The van der Waals surface area contributed by atoms with Gasteiger partial charge in [0, 0.05) is 17.8 Å². The molecular weight excluding hydrogens is 266 g/mol. The van der Waals surface area contributed by atoms with Crippen LogP contribution in [-0.2, 0) is 4.79 Å². The molecule has 1 saturated carbocycles. The maximum absolute atomic E-state index is 12.2. The molecule has 4 N–H and O–H groups in total. The second-order valence-electron chi connectivity index (χ2n) is 5.39. The number of hydrogen-bond donors (Lipinski definition) is 3. The number of carbonyl (C=O) groups excluding carboxylic acids is 2. The maximum atomic E-state index is 12.2. The van der Waals surface area contributed by atoms with Gasteiger partial charge in [-0.2, -0.15) is 0 Å². The highest BCUT2D eigenvalue weighted by Gasteiger charge is 2.36. The van der Waals surface area contributed by atoms with Crippen molar-refractivity contribution in [2.24, 2.45) is 5.73 Å². The summed E-state index contributed by atoms with van der Waals surface area (Å²) in [5.74, 6) is -0.317. The SMILES string of the molecule is C=CCNC(=O)c1ccc(NC(=O)C2(N)CCCC2)cc1. The molecule has 2 rings (SSSR count). The van der Waals surface area contributed by atoms with E-state index in [2.05, 4.69) is 17.2 Å². The third-order valence-electron chi connectivity index (χ3n) is 3.76. The van der Waals surface area contributed by atoms with E-state index in [1.54, 1.807) is 30.3 Å². The summed E-state index contributed by atoms with van der Waals surface area (Å²) < 4.78 is 0. The molecule has 0 saturated heterocycles. The van der Waals surface area contributed by atoms with Crippen LogP contribution in [0.1, 0.15) is 36.0 Å². The van der Waals surface area contributed by atoms with Gasteiger partial charge in [0.05, 0.1) is 5.54 Å². The second-order valence-corrected chi connectivity index (χ2v) is 5.39. The van der Waals surface area contributed by atoms with E-state index in [-0.39, 0.29) is 11.8 Å². The lowest BCUT2D eigenvalue weighted by atomic mass is 9.98. The Labute approximate surface area is 124 Å². The van der Waals surface area contributed by atoms with Gasteiger partial charge in [0.15, 0.2) is 0 Å². The molecule has 0 unspecified atom stereocenters. The van der Waals surface area contributed by atoms with Gasteiger partial charge in [0.25, 0.3) is 5.91 Å². The van der Waals surface area contributed by atoms with E-state index in [4.69, 9.17) is 5.73 Å². The Morgan fingerprint density at radius 2 is 1.86 bits per heavy atom. The number of nitrogens with one attached hydrogen (secondary N) is 2. The van der Waals surface area contributed by atoms with Gasteiger partial charge in [-0.3, -0.25) is 9.59 Å². The highest BCUT2D eigenvalue weighted by molar-refractivity contribution is 5.99. The van der Waals surface area contributed by atoms with Gasteiger partial charge >= 0.3 is 0 Å². The molecular formula is C16H21N3O2. The Kier molecular flexibility index (Phi) is 4.75. The third-order valence-corrected chi connectivity index (χ3v) is 3.76. The van der Waals surface area contributed by atoms with Crippen molar-refractivity contribution in [1.82, 2.24) is 5.32 Å². The van der Waals surface area contributed by atoms with Crippen LogP contribution in [0.3, 0.4) is 0 Å². The largest absolute Gasteiger partial charge is 0.349 e. The highest BCUT2D eigenvalue weighted by Crippen LogP contribution is 2.28. The van der Waals surface area contributed by atoms with E-state index < -0.39 is 5.54 Å². The first-order valence-electron chi connectivity index (χ1n) is 7.15. The van der Waals surface area contributed by atoms with Crippen molar-refractivity contribution in [3.63, 3.8) is 0 Å². The molecule has 21 heavy (non-hydrogen) atoms. The minimum atomic E-state index is -0.750. The number of benzene rings is 1. The monoisotopic (exact) mass is 287 g/mol. The molecule has 0 bridgehead atoms. The normalized spacial score (nSPS) is 16.2. The van der Waals surface area contributed by atoms with E-state index in [0.29, 0.717) is 17.8 Å². The highest BCUT2D eigenvalue weighted by atomic mass is 16.2. The van der Waals surface area contributed by atoms with Gasteiger partial charge in [-0.05, 0) is 37.1 Å². The average Bonchev–Trinajstić information content (AvgIpc) is 2.94. The molecule has 1 aromatic rings. The number of hydrogen-bond acceptors (Lipinski definition) is 3. The van der Waals surface area contributed by atoms with Crippen molar-refractivity contribution in [1.29, 1.82) is 0 Å². The summed E-state index contributed by atoms with van der Waals surface area (Å²) in [6, 6.07) is 6.76. The molecule has 112 valence electrons. The number of amides is 2. The lowest BCUT2D eigenvalue weighted by Crippen LogP contribution is -2.48. The second kappa shape index (κ2) is 6.54. The van der Waals surface area contributed by atoms with Gasteiger partial charge in [-0.1, -0.05) is 18.9 Å². The van der Waals surface area contributed by atoms with Crippen LogP contribution in [0.2, 0.25) is 0 Å². The van der Waals surface area contributed by atoms with Gasteiger partial charge < -0.3 is 16.4 Å². The predicted octanol–water partition coefficient (Wildman–Crippen LogP) is 1.81. The molecule has 1 aliphatic carbocycles. The van der Waals surface area contributed by atoms with E-state index in [1.165, 1.54) is 0 Å². The molecule has 1 aromatic carbocycles. The van der Waals surface area contributed by atoms with Crippen molar-refractivity contribution < 1.29 is 9.59 Å². The Morgan fingerprint density at radius 3 is 2.43 bits per heavy atom. The van der Waals surface area contributed by atoms with Gasteiger partial charge in [-0.25, -0.2) is 0 Å². The number of carbonyl (C=O) groups is 2. The lowest BCUT2D eigenvalue weighted by Gasteiger charge is -2.22. The smallest absolute Gasteiger partial charge is 0.251 e. The quantitative estimate of drug-likeness (QED) is 0.722. The van der Waals surface area contributed by atoms with Crippen molar-refractivity contribution in [2.75, 3.05) is 11.9 Å². The molecule has 5 nitrogen and oxygen atoms in total. The van der Waals surface area contributed by atoms with Gasteiger partial charge in [0.1, 0.15) is 0 Å². The molecule has 1 aliphatic rings. The fourth-order valence-corrected chi connectivity index (χ4v) is 2.46. The first kappa shape index (κ1) is 15.3. The van der Waals surface area contributed by atoms with Crippen LogP contribution in [0.5, 0.6) is 0 Å². The zero-order valence-corrected chi connectivity index (χ0v) is 12.0. The summed E-state index contributed by atoms with van der Waals surface area (Å²) in [6.45, 7) is 3.97. The standard InChI is InChI=1S/C16H21N3O2/c1-2-11-18-14(20)12-5-7-13(8-6-12)19-15(21)16(17)9-3-4-10-16/h2,5-8H,1,3-4,9-11,17H2,(H,18,20)(H,19,21). The molecule has 5 heteroatoms. The summed E-state index contributed by atoms with van der Waals surface area (Å²) in [7, 11) is 0. The first-order valence-corrected chi connectivity index (χ1v) is 7.15. The zero-order chi connectivity index (χ0) is 15.3. The lowest BCUT2D eigenvalue weighted by molar-refractivity contribution is -0.121. The third kappa shape index (κ3) is 3.70. The molecule has 0 aliphatic heterocycles. The van der Waals surface area contributed by atoms with Crippen molar-refractivity contribution in [3.8, 4) is 0 Å². The van der Waals surface area contributed by atoms with E-state index in [1.807, 2.05) is 0 Å². The fourth-order valence-electron chi connectivity index (χ4n) is 2.46. The van der Waals surface area contributed by atoms with Crippen molar-refractivity contribution >= 4 is 17.5 Å². The fraction of sp³-hybridized carbons (Fsp3) is 0.375. The number of rotatable bonds is 5. The molecule has 0 radical (unpaired) electrons. The van der Waals surface area contributed by atoms with E-state index in [0.717, 1.165) is 25.7 Å². The Hall–Kier alpha value is -2.14. The summed E-state index contributed by atoms with van der Waals surface area (Å²) in [5, 5.41) is 5.52. The predicted molar refractivity (Wildman–Crippen MR) is 83.0 cm³/mol. The minimum absolute atomic E-state index is 0.149. The number of nitrogens with two attached hydrogens (primary N) is 1. The molecule has 0 heterocycles. The van der Waals surface area contributed by atoms with Crippen LogP contribution in [0.4, 0.5) is 5.69 Å². The van der Waals surface area contributed by atoms with Crippen LogP contribution in [0.15, 0.2) is 36.9 Å². The topological polar surface area (TPSA) is 84.2 Å². The van der Waals surface area contributed by atoms with Crippen LogP contribution in [-0.4, -0.2) is 23.9 Å². The maximum Gasteiger partial charge on any atom is 0.251 e. The molecule has 0 atom stereocenters. The summed E-state index contributed by atoms with van der Waals surface area (Å²) >= 11 is 0. The Balaban J connectivity index is 1.97. The molecule has 0 spiro atoms. The molecule has 2 amide bonds. The average molecular weight is 287 g/mol. The summed E-state index contributed by atoms with van der Waals surface area (Å²) in [6.07, 6.45) is 5.05. The molecule has 0 aromatic heterocycles. The van der Waals surface area contributed by atoms with Gasteiger partial charge in [0.2, 0.25) is 5.91 Å². The van der Waals surface area contributed by atoms with Gasteiger partial charge in [-0.15, -0.1) is 6.58 Å². The zero-order valence-electron chi connectivity index (χ0n) is 12.0.